The average Bonchev–Trinajstić information content (AvgIpc) is 2.81. The molecule has 0 aliphatic heterocycles. The van der Waals surface area contributed by atoms with Gasteiger partial charge in [0.2, 0.25) is 0 Å². The number of nitrogens with zero attached hydrogens (tertiary/aromatic N) is 2. The molecular formula is C17H21N3O3. The summed E-state index contributed by atoms with van der Waals surface area (Å²) in [6.45, 7) is 6.99. The standard InChI is InChI=1S/C17H21N3O3/c1-4-20-12(3)16(11(2)19-20)13-5-7-14(8-6-13)17(23)18-10-9-15(21)22/h5-8H,4,9-10H2,1-3H3,(H,18,23)(H,21,22). The minimum atomic E-state index is -0.931. The summed E-state index contributed by atoms with van der Waals surface area (Å²) in [4.78, 5) is 22.4. The first-order valence-corrected chi connectivity index (χ1v) is 7.58. The van der Waals surface area contributed by atoms with Crippen molar-refractivity contribution < 1.29 is 14.7 Å². The SMILES string of the molecule is CCn1nc(C)c(-c2ccc(C(=O)NCCC(=O)O)cc2)c1C. The summed E-state index contributed by atoms with van der Waals surface area (Å²) in [6, 6.07) is 7.27. The van der Waals surface area contributed by atoms with Gasteiger partial charge in [-0.2, -0.15) is 5.10 Å². The number of nitrogens with one attached hydrogen (secondary N) is 1. The third kappa shape index (κ3) is 3.77. The van der Waals surface area contributed by atoms with Crippen molar-refractivity contribution in [3.8, 4) is 11.1 Å². The Hall–Kier alpha value is -2.63. The van der Waals surface area contributed by atoms with Crippen LogP contribution in [0.4, 0.5) is 0 Å². The summed E-state index contributed by atoms with van der Waals surface area (Å²) in [6.07, 6.45) is -0.0849. The first-order valence-electron chi connectivity index (χ1n) is 7.58. The van der Waals surface area contributed by atoms with E-state index >= 15 is 0 Å². The molecule has 0 bridgehead atoms. The van der Waals surface area contributed by atoms with Crippen LogP contribution in [0, 0.1) is 13.8 Å². The maximum absolute atomic E-state index is 11.9. The van der Waals surface area contributed by atoms with Crippen molar-refractivity contribution in [2.45, 2.75) is 33.7 Å². The van der Waals surface area contributed by atoms with E-state index in [1.165, 1.54) is 0 Å². The Kier molecular flexibility index (Phi) is 5.16. The van der Waals surface area contributed by atoms with Gasteiger partial charge in [-0.15, -0.1) is 0 Å². The fourth-order valence-corrected chi connectivity index (χ4v) is 2.60. The molecule has 0 fully saturated rings. The fourth-order valence-electron chi connectivity index (χ4n) is 2.60. The number of hydrogen-bond acceptors (Lipinski definition) is 3. The second kappa shape index (κ2) is 7.09. The molecule has 0 saturated heterocycles. The molecule has 0 atom stereocenters. The second-order valence-corrected chi connectivity index (χ2v) is 5.34. The van der Waals surface area contributed by atoms with Crippen molar-refractivity contribution in [1.82, 2.24) is 15.1 Å². The normalized spacial score (nSPS) is 10.6. The van der Waals surface area contributed by atoms with Crippen molar-refractivity contribution in [2.24, 2.45) is 0 Å². The molecule has 1 aromatic carbocycles. The van der Waals surface area contributed by atoms with Gasteiger partial charge in [-0.3, -0.25) is 14.3 Å². The number of carboxylic acid groups (broad SMARTS) is 1. The van der Waals surface area contributed by atoms with Gasteiger partial charge < -0.3 is 10.4 Å². The highest BCUT2D eigenvalue weighted by Gasteiger charge is 2.13. The molecule has 2 N–H and O–H groups in total. The lowest BCUT2D eigenvalue weighted by molar-refractivity contribution is -0.136. The molecule has 0 spiro atoms. The maximum Gasteiger partial charge on any atom is 0.305 e. The maximum atomic E-state index is 11.9. The minimum Gasteiger partial charge on any atom is -0.481 e. The number of carbonyl (C=O) groups excluding carboxylic acids is 1. The van der Waals surface area contributed by atoms with Crippen molar-refractivity contribution in [1.29, 1.82) is 0 Å². The zero-order valence-corrected chi connectivity index (χ0v) is 13.6. The zero-order valence-electron chi connectivity index (χ0n) is 13.6. The van der Waals surface area contributed by atoms with Crippen molar-refractivity contribution in [2.75, 3.05) is 6.54 Å². The first kappa shape index (κ1) is 16.7. The highest BCUT2D eigenvalue weighted by Crippen LogP contribution is 2.27. The molecular weight excluding hydrogens is 294 g/mol. The van der Waals surface area contributed by atoms with Gasteiger partial charge in [0.1, 0.15) is 0 Å². The molecule has 1 amide bonds. The molecule has 6 nitrogen and oxygen atoms in total. The smallest absolute Gasteiger partial charge is 0.305 e. The van der Waals surface area contributed by atoms with Gasteiger partial charge in [0.05, 0.1) is 12.1 Å². The molecule has 0 aliphatic rings. The number of benzene rings is 1. The molecule has 122 valence electrons. The average molecular weight is 315 g/mol. The lowest BCUT2D eigenvalue weighted by Crippen LogP contribution is -2.25. The largest absolute Gasteiger partial charge is 0.481 e. The van der Waals surface area contributed by atoms with Gasteiger partial charge in [-0.1, -0.05) is 12.1 Å². The number of aliphatic carboxylic acids is 1. The van der Waals surface area contributed by atoms with E-state index in [0.717, 1.165) is 29.1 Å². The Balaban J connectivity index is 2.15. The summed E-state index contributed by atoms with van der Waals surface area (Å²) < 4.78 is 1.96. The molecule has 23 heavy (non-hydrogen) atoms. The summed E-state index contributed by atoms with van der Waals surface area (Å²) in [5.41, 5.74) is 4.68. The third-order valence-corrected chi connectivity index (χ3v) is 3.74. The molecule has 0 radical (unpaired) electrons. The van der Waals surface area contributed by atoms with E-state index in [4.69, 9.17) is 5.11 Å². The van der Waals surface area contributed by atoms with Gasteiger partial charge in [0.25, 0.3) is 5.91 Å². The van der Waals surface area contributed by atoms with E-state index in [1.807, 2.05) is 37.6 Å². The predicted octanol–water partition coefficient (Wildman–Crippen LogP) is 2.39. The third-order valence-electron chi connectivity index (χ3n) is 3.74. The quantitative estimate of drug-likeness (QED) is 0.857. The number of aryl methyl sites for hydroxylation is 2. The molecule has 6 heteroatoms. The van der Waals surface area contributed by atoms with Crippen molar-refractivity contribution in [3.63, 3.8) is 0 Å². The van der Waals surface area contributed by atoms with Crippen molar-refractivity contribution >= 4 is 11.9 Å². The number of rotatable bonds is 6. The van der Waals surface area contributed by atoms with Crippen LogP contribution in [0.2, 0.25) is 0 Å². The van der Waals surface area contributed by atoms with Crippen LogP contribution in [0.3, 0.4) is 0 Å². The molecule has 2 aromatic rings. The van der Waals surface area contributed by atoms with Crippen LogP contribution in [-0.2, 0) is 11.3 Å². The van der Waals surface area contributed by atoms with Crippen LogP contribution in [0.1, 0.15) is 35.1 Å². The Morgan fingerprint density at radius 3 is 2.39 bits per heavy atom. The predicted molar refractivity (Wildman–Crippen MR) is 87.4 cm³/mol. The monoisotopic (exact) mass is 315 g/mol. The van der Waals surface area contributed by atoms with E-state index in [9.17, 15) is 9.59 Å². The van der Waals surface area contributed by atoms with Crippen LogP contribution < -0.4 is 5.32 Å². The van der Waals surface area contributed by atoms with Crippen molar-refractivity contribution in [3.05, 3.63) is 41.2 Å². The van der Waals surface area contributed by atoms with Crippen LogP contribution in [-0.4, -0.2) is 33.3 Å². The number of carbonyl (C=O) groups is 2. The summed E-state index contributed by atoms with van der Waals surface area (Å²) in [7, 11) is 0. The Morgan fingerprint density at radius 2 is 1.87 bits per heavy atom. The molecule has 0 aliphatic carbocycles. The van der Waals surface area contributed by atoms with Gasteiger partial charge in [-0.05, 0) is 38.5 Å². The van der Waals surface area contributed by atoms with Gasteiger partial charge in [0.15, 0.2) is 0 Å². The van der Waals surface area contributed by atoms with Crippen LogP contribution in [0.25, 0.3) is 11.1 Å². The van der Waals surface area contributed by atoms with Crippen LogP contribution in [0.15, 0.2) is 24.3 Å². The summed E-state index contributed by atoms with van der Waals surface area (Å²) in [5.74, 6) is -1.20. The summed E-state index contributed by atoms with van der Waals surface area (Å²) in [5, 5.41) is 15.7. The topological polar surface area (TPSA) is 84.2 Å². The second-order valence-electron chi connectivity index (χ2n) is 5.34. The van der Waals surface area contributed by atoms with Gasteiger partial charge in [0, 0.05) is 29.9 Å². The highest BCUT2D eigenvalue weighted by atomic mass is 16.4. The van der Waals surface area contributed by atoms with E-state index < -0.39 is 5.97 Å². The number of hydrogen-bond donors (Lipinski definition) is 2. The number of carboxylic acids is 1. The Labute approximate surface area is 135 Å². The lowest BCUT2D eigenvalue weighted by Gasteiger charge is -2.06. The van der Waals surface area contributed by atoms with Crippen LogP contribution >= 0.6 is 0 Å². The van der Waals surface area contributed by atoms with E-state index in [0.29, 0.717) is 5.56 Å². The fraction of sp³-hybridized carbons (Fsp3) is 0.353. The van der Waals surface area contributed by atoms with E-state index in [1.54, 1.807) is 12.1 Å². The molecule has 1 heterocycles. The highest BCUT2D eigenvalue weighted by molar-refractivity contribution is 5.94. The van der Waals surface area contributed by atoms with Crippen LogP contribution in [0.5, 0.6) is 0 Å². The van der Waals surface area contributed by atoms with Gasteiger partial charge >= 0.3 is 5.97 Å². The summed E-state index contributed by atoms with van der Waals surface area (Å²) >= 11 is 0. The lowest BCUT2D eigenvalue weighted by atomic mass is 10.0. The molecule has 2 rings (SSSR count). The Bertz CT molecular complexity index is 717. The number of amides is 1. The molecule has 0 saturated carbocycles. The Morgan fingerprint density at radius 1 is 1.22 bits per heavy atom. The molecule has 1 aromatic heterocycles. The molecule has 0 unspecified atom stereocenters. The van der Waals surface area contributed by atoms with Gasteiger partial charge in [-0.25, -0.2) is 0 Å². The zero-order chi connectivity index (χ0) is 17.0. The van der Waals surface area contributed by atoms with E-state index in [2.05, 4.69) is 10.4 Å². The first-order chi connectivity index (χ1) is 10.9. The number of aromatic nitrogens is 2. The minimum absolute atomic E-state index is 0.0849. The van der Waals surface area contributed by atoms with E-state index in [-0.39, 0.29) is 18.9 Å².